The second kappa shape index (κ2) is 3.38. The number of H-pyrrole nitrogens is 1. The molecule has 1 unspecified atom stereocenters. The number of nitrogens with zero attached hydrogens (tertiary/aromatic N) is 4. The first-order valence-corrected chi connectivity index (χ1v) is 5.23. The van der Waals surface area contributed by atoms with Crippen molar-refractivity contribution < 1.29 is 4.52 Å². The van der Waals surface area contributed by atoms with Gasteiger partial charge in [0.15, 0.2) is 5.69 Å². The van der Waals surface area contributed by atoms with Gasteiger partial charge in [-0.15, -0.1) is 0 Å². The number of hydrogen-bond acceptors (Lipinski definition) is 6. The summed E-state index contributed by atoms with van der Waals surface area (Å²) in [6, 6.07) is 0. The van der Waals surface area contributed by atoms with Gasteiger partial charge in [0.2, 0.25) is 11.7 Å². The maximum atomic E-state index is 5.27. The van der Waals surface area contributed by atoms with Gasteiger partial charge in [-0.05, 0) is 26.3 Å². The minimum Gasteiger partial charge on any atom is -0.337 e. The summed E-state index contributed by atoms with van der Waals surface area (Å²) < 4.78 is 5.27. The molecule has 0 aromatic carbocycles. The van der Waals surface area contributed by atoms with Crippen molar-refractivity contribution in [2.45, 2.75) is 25.3 Å². The average Bonchev–Trinajstić information content (AvgIpc) is 2.98. The summed E-state index contributed by atoms with van der Waals surface area (Å²) in [5.41, 5.74) is 0.395. The Morgan fingerprint density at radius 1 is 1.50 bits per heavy atom. The van der Waals surface area contributed by atoms with Gasteiger partial charge in [-0.1, -0.05) is 5.16 Å². The zero-order valence-electron chi connectivity index (χ0n) is 8.90. The van der Waals surface area contributed by atoms with Crippen molar-refractivity contribution >= 4 is 0 Å². The highest BCUT2D eigenvalue weighted by Crippen LogP contribution is 2.29. The fourth-order valence-electron chi connectivity index (χ4n) is 1.94. The van der Waals surface area contributed by atoms with E-state index in [0.717, 1.165) is 19.4 Å². The van der Waals surface area contributed by atoms with Gasteiger partial charge in [-0.25, -0.2) is 0 Å². The van der Waals surface area contributed by atoms with Crippen molar-refractivity contribution in [3.05, 3.63) is 12.1 Å². The lowest BCUT2D eigenvalue weighted by atomic mass is 10.0. The molecule has 0 radical (unpaired) electrons. The highest BCUT2D eigenvalue weighted by Gasteiger charge is 2.35. The molecule has 0 saturated carbocycles. The number of hydrogen-bond donors (Lipinski definition) is 2. The second-order valence-corrected chi connectivity index (χ2v) is 4.14. The van der Waals surface area contributed by atoms with Crippen molar-refractivity contribution in [1.82, 2.24) is 30.9 Å². The molecule has 1 fully saturated rings. The molecule has 2 aromatic rings. The van der Waals surface area contributed by atoms with E-state index in [1.165, 1.54) is 0 Å². The predicted octanol–water partition coefficient (Wildman–Crippen LogP) is 0.453. The number of aromatic amines is 1. The molecule has 2 aromatic heterocycles. The van der Waals surface area contributed by atoms with Gasteiger partial charge in [-0.3, -0.25) is 0 Å². The van der Waals surface area contributed by atoms with Crippen LogP contribution >= 0.6 is 0 Å². The minimum absolute atomic E-state index is 0.199. The van der Waals surface area contributed by atoms with Crippen LogP contribution in [0.15, 0.2) is 10.7 Å². The summed E-state index contributed by atoms with van der Waals surface area (Å²) in [4.78, 5) is 4.34. The molecule has 0 bridgehead atoms. The van der Waals surface area contributed by atoms with Crippen LogP contribution in [0.1, 0.15) is 25.7 Å². The van der Waals surface area contributed by atoms with E-state index in [9.17, 15) is 0 Å². The van der Waals surface area contributed by atoms with Crippen LogP contribution in [0.25, 0.3) is 11.5 Å². The molecule has 2 N–H and O–H groups in total. The minimum atomic E-state index is -0.199. The quantitative estimate of drug-likeness (QED) is 0.763. The summed E-state index contributed by atoms with van der Waals surface area (Å²) in [7, 11) is 0. The lowest BCUT2D eigenvalue weighted by Gasteiger charge is -2.18. The summed E-state index contributed by atoms with van der Waals surface area (Å²) in [5.74, 6) is 1.08. The molecule has 3 rings (SSSR count). The third-order valence-electron chi connectivity index (χ3n) is 2.91. The molecule has 1 saturated heterocycles. The topological polar surface area (TPSA) is 92.5 Å². The van der Waals surface area contributed by atoms with Crippen LogP contribution in [-0.2, 0) is 5.54 Å². The Bertz CT molecular complexity index is 470. The van der Waals surface area contributed by atoms with Gasteiger partial charge in [0.05, 0.1) is 11.7 Å². The number of aromatic nitrogens is 5. The highest BCUT2D eigenvalue weighted by molar-refractivity contribution is 5.45. The van der Waals surface area contributed by atoms with Crippen LogP contribution in [0.2, 0.25) is 0 Å². The molecule has 1 atom stereocenters. The molecule has 0 spiro atoms. The van der Waals surface area contributed by atoms with E-state index in [1.807, 2.05) is 0 Å². The van der Waals surface area contributed by atoms with E-state index >= 15 is 0 Å². The summed E-state index contributed by atoms with van der Waals surface area (Å²) in [6.07, 6.45) is 3.70. The van der Waals surface area contributed by atoms with E-state index in [-0.39, 0.29) is 5.54 Å². The molecule has 0 amide bonds. The molecule has 1 aliphatic rings. The monoisotopic (exact) mass is 220 g/mol. The van der Waals surface area contributed by atoms with Crippen LogP contribution in [0, 0.1) is 0 Å². The van der Waals surface area contributed by atoms with Gasteiger partial charge in [0, 0.05) is 0 Å². The van der Waals surface area contributed by atoms with Crippen molar-refractivity contribution in [3.63, 3.8) is 0 Å². The first-order valence-electron chi connectivity index (χ1n) is 5.23. The summed E-state index contributed by atoms with van der Waals surface area (Å²) in [6.45, 7) is 3.05. The Hall–Kier alpha value is -1.76. The smallest absolute Gasteiger partial charge is 0.247 e. The molecule has 7 heteroatoms. The van der Waals surface area contributed by atoms with Crippen molar-refractivity contribution in [1.29, 1.82) is 0 Å². The molecule has 1 aliphatic heterocycles. The summed E-state index contributed by atoms with van der Waals surface area (Å²) >= 11 is 0. The first-order chi connectivity index (χ1) is 7.78. The molecule has 7 nitrogen and oxygen atoms in total. The summed E-state index contributed by atoms with van der Waals surface area (Å²) in [5, 5.41) is 17.4. The Balaban J connectivity index is 1.93. The number of rotatable bonds is 2. The maximum Gasteiger partial charge on any atom is 0.247 e. The largest absolute Gasteiger partial charge is 0.337 e. The highest BCUT2D eigenvalue weighted by atomic mass is 16.5. The van der Waals surface area contributed by atoms with Crippen LogP contribution in [0.4, 0.5) is 0 Å². The Kier molecular flexibility index (Phi) is 2.00. The SMILES string of the molecule is CC1(c2nc(-c3cn[nH]n3)no2)CCCN1. The maximum absolute atomic E-state index is 5.27. The van der Waals surface area contributed by atoms with E-state index in [4.69, 9.17) is 4.52 Å². The zero-order chi connectivity index (χ0) is 11.0. The van der Waals surface area contributed by atoms with Gasteiger partial charge >= 0.3 is 0 Å². The second-order valence-electron chi connectivity index (χ2n) is 4.14. The fourth-order valence-corrected chi connectivity index (χ4v) is 1.94. The lowest BCUT2D eigenvalue weighted by molar-refractivity contribution is 0.275. The molecular formula is C9H12N6O. The molecule has 84 valence electrons. The van der Waals surface area contributed by atoms with Crippen LogP contribution in [0.5, 0.6) is 0 Å². The van der Waals surface area contributed by atoms with E-state index in [1.54, 1.807) is 6.20 Å². The molecule has 16 heavy (non-hydrogen) atoms. The van der Waals surface area contributed by atoms with Gasteiger partial charge in [0.25, 0.3) is 0 Å². The van der Waals surface area contributed by atoms with Gasteiger partial charge in [-0.2, -0.15) is 20.4 Å². The Morgan fingerprint density at radius 3 is 3.12 bits per heavy atom. The average molecular weight is 220 g/mol. The normalized spacial score (nSPS) is 25.1. The van der Waals surface area contributed by atoms with Crippen LogP contribution in [-0.4, -0.2) is 32.1 Å². The van der Waals surface area contributed by atoms with Crippen molar-refractivity contribution in [2.75, 3.05) is 6.54 Å². The molecule has 0 aliphatic carbocycles. The van der Waals surface area contributed by atoms with E-state index in [0.29, 0.717) is 17.4 Å². The van der Waals surface area contributed by atoms with E-state index in [2.05, 4.69) is 37.8 Å². The van der Waals surface area contributed by atoms with Crippen LogP contribution in [0.3, 0.4) is 0 Å². The zero-order valence-corrected chi connectivity index (χ0v) is 8.90. The predicted molar refractivity (Wildman–Crippen MR) is 54.3 cm³/mol. The third-order valence-corrected chi connectivity index (χ3v) is 2.91. The van der Waals surface area contributed by atoms with Crippen LogP contribution < -0.4 is 5.32 Å². The first kappa shape index (κ1) is 9.46. The van der Waals surface area contributed by atoms with Crippen molar-refractivity contribution in [2.24, 2.45) is 0 Å². The Labute approximate surface area is 91.6 Å². The molecule has 3 heterocycles. The fraction of sp³-hybridized carbons (Fsp3) is 0.556. The van der Waals surface area contributed by atoms with Gasteiger partial charge < -0.3 is 9.84 Å². The number of nitrogens with one attached hydrogen (secondary N) is 2. The Morgan fingerprint density at radius 2 is 2.44 bits per heavy atom. The lowest BCUT2D eigenvalue weighted by Crippen LogP contribution is -2.33. The standard InChI is InChI=1S/C9H12N6O/c1-9(3-2-4-10-9)8-12-7(14-16-8)6-5-11-15-13-6/h5,10H,2-4H2,1H3,(H,11,13,15). The van der Waals surface area contributed by atoms with Gasteiger partial charge in [0.1, 0.15) is 0 Å². The molecular weight excluding hydrogens is 208 g/mol. The van der Waals surface area contributed by atoms with Crippen molar-refractivity contribution in [3.8, 4) is 11.5 Å². The van der Waals surface area contributed by atoms with E-state index < -0.39 is 0 Å². The third kappa shape index (κ3) is 1.40.